The number of carbonyl (C=O) groups excluding carboxylic acids is 1. The standard InChI is InChI=1S/C20H25NO7S/c1-13-5-6-16(28-13)11-21(15-7-8-29(23,24)12-15)20(22)14-9-17(25-2)19(27-4)18(10-14)26-3/h5-6,9-10,15H,7-8,11-12H2,1-4H3/t15-/m1/s1. The van der Waals surface area contributed by atoms with Gasteiger partial charge in [-0.05, 0) is 37.6 Å². The van der Waals surface area contributed by atoms with E-state index in [1.807, 2.05) is 13.0 Å². The lowest BCUT2D eigenvalue weighted by molar-refractivity contribution is 0.0664. The maximum absolute atomic E-state index is 13.4. The van der Waals surface area contributed by atoms with E-state index in [-0.39, 0.29) is 24.0 Å². The topological polar surface area (TPSA) is 95.3 Å². The van der Waals surface area contributed by atoms with Crippen LogP contribution in [0.1, 0.15) is 28.3 Å². The van der Waals surface area contributed by atoms with Gasteiger partial charge in [0.2, 0.25) is 5.75 Å². The highest BCUT2D eigenvalue weighted by atomic mass is 32.2. The van der Waals surface area contributed by atoms with Gasteiger partial charge in [-0.25, -0.2) is 8.42 Å². The minimum Gasteiger partial charge on any atom is -0.493 e. The lowest BCUT2D eigenvalue weighted by Gasteiger charge is -2.28. The smallest absolute Gasteiger partial charge is 0.254 e. The van der Waals surface area contributed by atoms with Gasteiger partial charge < -0.3 is 23.5 Å². The van der Waals surface area contributed by atoms with Crippen molar-refractivity contribution in [3.05, 3.63) is 41.3 Å². The summed E-state index contributed by atoms with van der Waals surface area (Å²) in [4.78, 5) is 15.0. The summed E-state index contributed by atoms with van der Waals surface area (Å²) in [6.07, 6.45) is 0.387. The Hall–Kier alpha value is -2.68. The van der Waals surface area contributed by atoms with Crippen molar-refractivity contribution in [2.75, 3.05) is 32.8 Å². The first-order valence-corrected chi connectivity index (χ1v) is 11.0. The highest BCUT2D eigenvalue weighted by molar-refractivity contribution is 7.91. The minimum absolute atomic E-state index is 0.0634. The van der Waals surface area contributed by atoms with Crippen LogP contribution in [0, 0.1) is 6.92 Å². The van der Waals surface area contributed by atoms with E-state index in [1.54, 1.807) is 23.1 Å². The molecule has 9 heteroatoms. The third-order valence-electron chi connectivity index (χ3n) is 4.94. The van der Waals surface area contributed by atoms with Crippen molar-refractivity contribution in [3.8, 4) is 17.2 Å². The van der Waals surface area contributed by atoms with Crippen LogP contribution in [0.3, 0.4) is 0 Å². The number of amides is 1. The van der Waals surface area contributed by atoms with Crippen LogP contribution in [0.25, 0.3) is 0 Å². The van der Waals surface area contributed by atoms with Gasteiger partial charge in [0.1, 0.15) is 11.5 Å². The molecule has 0 radical (unpaired) electrons. The van der Waals surface area contributed by atoms with Gasteiger partial charge in [0, 0.05) is 11.6 Å². The number of carbonyl (C=O) groups is 1. The van der Waals surface area contributed by atoms with Crippen molar-refractivity contribution in [2.24, 2.45) is 0 Å². The van der Waals surface area contributed by atoms with Gasteiger partial charge in [-0.3, -0.25) is 4.79 Å². The maximum atomic E-state index is 13.4. The second-order valence-electron chi connectivity index (χ2n) is 6.92. The van der Waals surface area contributed by atoms with E-state index < -0.39 is 15.9 Å². The Labute approximate surface area is 170 Å². The zero-order valence-corrected chi connectivity index (χ0v) is 17.7. The fraction of sp³-hybridized carbons (Fsp3) is 0.450. The van der Waals surface area contributed by atoms with E-state index in [4.69, 9.17) is 18.6 Å². The molecule has 1 atom stereocenters. The number of nitrogens with zero attached hydrogens (tertiary/aromatic N) is 1. The molecule has 1 saturated heterocycles. The molecule has 3 rings (SSSR count). The highest BCUT2D eigenvalue weighted by Crippen LogP contribution is 2.39. The maximum Gasteiger partial charge on any atom is 0.254 e. The molecule has 1 aliphatic rings. The number of rotatable bonds is 7. The van der Waals surface area contributed by atoms with Crippen LogP contribution >= 0.6 is 0 Å². The van der Waals surface area contributed by atoms with Crippen LogP contribution in [0.5, 0.6) is 17.2 Å². The van der Waals surface area contributed by atoms with Gasteiger partial charge in [-0.2, -0.15) is 0 Å². The van der Waals surface area contributed by atoms with Crippen LogP contribution in [-0.2, 0) is 16.4 Å². The van der Waals surface area contributed by atoms with E-state index in [2.05, 4.69) is 0 Å². The summed E-state index contributed by atoms with van der Waals surface area (Å²) >= 11 is 0. The van der Waals surface area contributed by atoms with Crippen LogP contribution in [0.15, 0.2) is 28.7 Å². The van der Waals surface area contributed by atoms with E-state index in [0.717, 1.165) is 5.76 Å². The average molecular weight is 423 g/mol. The number of furan rings is 1. The summed E-state index contributed by atoms with van der Waals surface area (Å²) < 4.78 is 45.7. The first-order valence-electron chi connectivity index (χ1n) is 9.14. The van der Waals surface area contributed by atoms with Gasteiger partial charge >= 0.3 is 0 Å². The van der Waals surface area contributed by atoms with Gasteiger partial charge in [-0.15, -0.1) is 0 Å². The molecule has 0 bridgehead atoms. The predicted molar refractivity (Wildman–Crippen MR) is 106 cm³/mol. The van der Waals surface area contributed by atoms with Crippen LogP contribution in [-0.4, -0.2) is 58.1 Å². The lowest BCUT2D eigenvalue weighted by Crippen LogP contribution is -2.40. The number of benzene rings is 1. The number of hydrogen-bond donors (Lipinski definition) is 0. The molecule has 1 fully saturated rings. The molecule has 29 heavy (non-hydrogen) atoms. The molecule has 2 heterocycles. The fourth-order valence-electron chi connectivity index (χ4n) is 3.50. The molecule has 8 nitrogen and oxygen atoms in total. The van der Waals surface area contributed by atoms with E-state index in [0.29, 0.717) is 35.0 Å². The third-order valence-corrected chi connectivity index (χ3v) is 6.69. The molecule has 0 saturated carbocycles. The lowest BCUT2D eigenvalue weighted by atomic mass is 10.1. The van der Waals surface area contributed by atoms with Crippen molar-refractivity contribution >= 4 is 15.7 Å². The summed E-state index contributed by atoms with van der Waals surface area (Å²) in [6.45, 7) is 1.98. The Kier molecular flexibility index (Phi) is 6.07. The zero-order valence-electron chi connectivity index (χ0n) is 16.9. The van der Waals surface area contributed by atoms with E-state index >= 15 is 0 Å². The largest absolute Gasteiger partial charge is 0.493 e. The fourth-order valence-corrected chi connectivity index (χ4v) is 5.23. The van der Waals surface area contributed by atoms with Crippen LogP contribution < -0.4 is 14.2 Å². The Bertz CT molecular complexity index is 971. The second-order valence-corrected chi connectivity index (χ2v) is 9.15. The Morgan fingerprint density at radius 1 is 1.14 bits per heavy atom. The molecule has 158 valence electrons. The number of aryl methyl sites for hydroxylation is 1. The monoisotopic (exact) mass is 423 g/mol. The Balaban J connectivity index is 1.99. The highest BCUT2D eigenvalue weighted by Gasteiger charge is 2.36. The molecule has 0 aliphatic carbocycles. The first kappa shape index (κ1) is 21.0. The number of methoxy groups -OCH3 is 3. The van der Waals surface area contributed by atoms with Gasteiger partial charge in [0.25, 0.3) is 5.91 Å². The SMILES string of the molecule is COc1cc(C(=O)N(Cc2ccc(C)o2)[C@@H]2CCS(=O)(=O)C2)cc(OC)c1OC. The van der Waals surface area contributed by atoms with Crippen molar-refractivity contribution in [2.45, 2.75) is 25.9 Å². The zero-order chi connectivity index (χ0) is 21.2. The van der Waals surface area contributed by atoms with Crippen LogP contribution in [0.4, 0.5) is 0 Å². The molecule has 0 spiro atoms. The van der Waals surface area contributed by atoms with E-state index in [9.17, 15) is 13.2 Å². The summed E-state index contributed by atoms with van der Waals surface area (Å²) in [7, 11) is 1.25. The molecule has 2 aromatic rings. The molecule has 1 aliphatic heterocycles. The van der Waals surface area contributed by atoms with Gasteiger partial charge in [0.15, 0.2) is 21.3 Å². The summed E-state index contributed by atoms with van der Waals surface area (Å²) in [5, 5.41) is 0. The number of sulfone groups is 1. The predicted octanol–water partition coefficient (Wildman–Crippen LogP) is 2.44. The summed E-state index contributed by atoms with van der Waals surface area (Å²) in [5.74, 6) is 2.05. The quantitative estimate of drug-likeness (QED) is 0.675. The second kappa shape index (κ2) is 8.36. The number of ether oxygens (including phenoxy) is 3. The molecule has 1 aromatic carbocycles. The normalized spacial score (nSPS) is 17.7. The minimum atomic E-state index is -3.17. The molecule has 1 amide bonds. The van der Waals surface area contributed by atoms with Crippen molar-refractivity contribution < 1.29 is 31.8 Å². The Morgan fingerprint density at radius 2 is 1.79 bits per heavy atom. The van der Waals surface area contributed by atoms with Crippen molar-refractivity contribution in [3.63, 3.8) is 0 Å². The molecular weight excluding hydrogens is 398 g/mol. The molecular formula is C20H25NO7S. The van der Waals surface area contributed by atoms with Crippen molar-refractivity contribution in [1.82, 2.24) is 4.90 Å². The molecule has 0 N–H and O–H groups in total. The van der Waals surface area contributed by atoms with Gasteiger partial charge in [-0.1, -0.05) is 0 Å². The molecule has 0 unspecified atom stereocenters. The van der Waals surface area contributed by atoms with E-state index in [1.165, 1.54) is 21.3 Å². The first-order chi connectivity index (χ1) is 13.8. The van der Waals surface area contributed by atoms with Crippen molar-refractivity contribution in [1.29, 1.82) is 0 Å². The summed E-state index contributed by atoms with van der Waals surface area (Å²) in [5.41, 5.74) is 0.312. The summed E-state index contributed by atoms with van der Waals surface area (Å²) in [6, 6.07) is 6.29. The molecule has 1 aromatic heterocycles. The van der Waals surface area contributed by atoms with Crippen LogP contribution in [0.2, 0.25) is 0 Å². The number of hydrogen-bond acceptors (Lipinski definition) is 7. The average Bonchev–Trinajstić information content (AvgIpc) is 3.28. The van der Waals surface area contributed by atoms with Gasteiger partial charge in [0.05, 0.1) is 39.4 Å². The third kappa shape index (κ3) is 4.50. The Morgan fingerprint density at radius 3 is 2.24 bits per heavy atom.